The minimum atomic E-state index is 0.778. The van der Waals surface area contributed by atoms with E-state index in [2.05, 4.69) is 29.1 Å². The van der Waals surface area contributed by atoms with E-state index in [1.54, 1.807) is 11.8 Å². The van der Waals surface area contributed by atoms with Crippen LogP contribution in [0.1, 0.15) is 25.8 Å². The Bertz CT molecular complexity index is 285. The summed E-state index contributed by atoms with van der Waals surface area (Å²) in [5.74, 6) is 1.81. The summed E-state index contributed by atoms with van der Waals surface area (Å²) in [5.41, 5.74) is 1.11. The SMILES string of the molecule is Cc1cnc(SCCNCCC(C)C)nc1. The number of hydrogen-bond donors (Lipinski definition) is 1. The quantitative estimate of drug-likeness (QED) is 0.451. The van der Waals surface area contributed by atoms with E-state index in [4.69, 9.17) is 0 Å². The Morgan fingerprint density at radius 2 is 1.94 bits per heavy atom. The molecule has 0 amide bonds. The maximum absolute atomic E-state index is 4.25. The highest BCUT2D eigenvalue weighted by atomic mass is 32.2. The van der Waals surface area contributed by atoms with Crippen molar-refractivity contribution in [3.63, 3.8) is 0 Å². The minimum absolute atomic E-state index is 0.778. The molecule has 0 saturated carbocycles. The van der Waals surface area contributed by atoms with Crippen molar-refractivity contribution in [3.8, 4) is 0 Å². The summed E-state index contributed by atoms with van der Waals surface area (Å²) in [6, 6.07) is 0. The molecular weight excluding hydrogens is 218 g/mol. The fourth-order valence-electron chi connectivity index (χ4n) is 1.19. The summed E-state index contributed by atoms with van der Waals surface area (Å²) in [7, 11) is 0. The van der Waals surface area contributed by atoms with Crippen molar-refractivity contribution in [1.29, 1.82) is 0 Å². The predicted octanol–water partition coefficient (Wildman–Crippen LogP) is 2.51. The van der Waals surface area contributed by atoms with Crippen LogP contribution in [0.15, 0.2) is 17.6 Å². The van der Waals surface area contributed by atoms with Gasteiger partial charge in [0.05, 0.1) is 0 Å². The number of aromatic nitrogens is 2. The summed E-state index contributed by atoms with van der Waals surface area (Å²) >= 11 is 1.70. The first kappa shape index (κ1) is 13.5. The van der Waals surface area contributed by atoms with Crippen LogP contribution in [-0.2, 0) is 0 Å². The van der Waals surface area contributed by atoms with E-state index in [-0.39, 0.29) is 0 Å². The molecular formula is C12H21N3S. The molecule has 1 aromatic rings. The molecule has 0 unspecified atom stereocenters. The summed E-state index contributed by atoms with van der Waals surface area (Å²) < 4.78 is 0. The van der Waals surface area contributed by atoms with Crippen LogP contribution in [0.3, 0.4) is 0 Å². The summed E-state index contributed by atoms with van der Waals surface area (Å²) in [4.78, 5) is 8.50. The monoisotopic (exact) mass is 239 g/mol. The van der Waals surface area contributed by atoms with Crippen LogP contribution < -0.4 is 5.32 Å². The fourth-order valence-corrected chi connectivity index (χ4v) is 1.87. The second-order valence-electron chi connectivity index (χ2n) is 4.32. The molecule has 1 aromatic heterocycles. The molecule has 3 nitrogen and oxygen atoms in total. The van der Waals surface area contributed by atoms with Gasteiger partial charge in [-0.25, -0.2) is 9.97 Å². The molecule has 16 heavy (non-hydrogen) atoms. The van der Waals surface area contributed by atoms with Crippen molar-refractivity contribution in [2.75, 3.05) is 18.8 Å². The van der Waals surface area contributed by atoms with Gasteiger partial charge in [0, 0.05) is 24.7 Å². The number of nitrogens with zero attached hydrogens (tertiary/aromatic N) is 2. The zero-order chi connectivity index (χ0) is 11.8. The molecule has 0 atom stereocenters. The normalized spacial score (nSPS) is 11.0. The van der Waals surface area contributed by atoms with Crippen LogP contribution in [0.25, 0.3) is 0 Å². The molecule has 0 aliphatic heterocycles. The van der Waals surface area contributed by atoms with Crippen LogP contribution in [0.2, 0.25) is 0 Å². The van der Waals surface area contributed by atoms with Gasteiger partial charge in [-0.15, -0.1) is 0 Å². The van der Waals surface area contributed by atoms with Crippen molar-refractivity contribution in [2.24, 2.45) is 5.92 Å². The third kappa shape index (κ3) is 6.08. The molecule has 0 fully saturated rings. The highest BCUT2D eigenvalue weighted by molar-refractivity contribution is 7.99. The van der Waals surface area contributed by atoms with E-state index >= 15 is 0 Å². The smallest absolute Gasteiger partial charge is 0.187 e. The fraction of sp³-hybridized carbons (Fsp3) is 0.667. The Hall–Kier alpha value is -0.610. The lowest BCUT2D eigenvalue weighted by molar-refractivity contribution is 0.547. The summed E-state index contributed by atoms with van der Waals surface area (Å²) in [6.07, 6.45) is 4.97. The number of rotatable bonds is 7. The van der Waals surface area contributed by atoms with Gasteiger partial charge < -0.3 is 5.32 Å². The summed E-state index contributed by atoms with van der Waals surface area (Å²) in [6.45, 7) is 8.62. The second-order valence-corrected chi connectivity index (χ2v) is 5.39. The van der Waals surface area contributed by atoms with E-state index in [1.165, 1.54) is 6.42 Å². The maximum Gasteiger partial charge on any atom is 0.187 e. The Kier molecular flexibility index (Phi) is 6.42. The van der Waals surface area contributed by atoms with E-state index in [1.807, 2.05) is 19.3 Å². The lowest BCUT2D eigenvalue weighted by atomic mass is 10.1. The Labute approximate surface area is 102 Å². The van der Waals surface area contributed by atoms with Gasteiger partial charge in [0.2, 0.25) is 0 Å². The number of hydrogen-bond acceptors (Lipinski definition) is 4. The maximum atomic E-state index is 4.25. The topological polar surface area (TPSA) is 37.8 Å². The lowest BCUT2D eigenvalue weighted by Gasteiger charge is -2.06. The van der Waals surface area contributed by atoms with Gasteiger partial charge in [-0.1, -0.05) is 25.6 Å². The van der Waals surface area contributed by atoms with Crippen molar-refractivity contribution >= 4 is 11.8 Å². The number of aryl methyl sites for hydroxylation is 1. The van der Waals surface area contributed by atoms with Gasteiger partial charge >= 0.3 is 0 Å². The highest BCUT2D eigenvalue weighted by Crippen LogP contribution is 2.10. The molecule has 1 N–H and O–H groups in total. The van der Waals surface area contributed by atoms with Crippen LogP contribution >= 0.6 is 11.8 Å². The van der Waals surface area contributed by atoms with Crippen LogP contribution in [0.4, 0.5) is 0 Å². The highest BCUT2D eigenvalue weighted by Gasteiger charge is 1.97. The van der Waals surface area contributed by atoms with Crippen molar-refractivity contribution in [1.82, 2.24) is 15.3 Å². The third-order valence-corrected chi connectivity index (χ3v) is 3.04. The van der Waals surface area contributed by atoms with Gasteiger partial charge in [0.1, 0.15) is 0 Å². The van der Waals surface area contributed by atoms with Crippen LogP contribution in [-0.4, -0.2) is 28.8 Å². The van der Waals surface area contributed by atoms with Gasteiger partial charge in [-0.3, -0.25) is 0 Å². The molecule has 0 aromatic carbocycles. The number of nitrogens with one attached hydrogen (secondary N) is 1. The van der Waals surface area contributed by atoms with Crippen molar-refractivity contribution in [3.05, 3.63) is 18.0 Å². The summed E-state index contributed by atoms with van der Waals surface area (Å²) in [5, 5.41) is 4.29. The molecule has 1 heterocycles. The van der Waals surface area contributed by atoms with Crippen molar-refractivity contribution < 1.29 is 0 Å². The predicted molar refractivity (Wildman–Crippen MR) is 69.8 cm³/mol. The standard InChI is InChI=1S/C12H21N3S/c1-10(2)4-5-13-6-7-16-12-14-8-11(3)9-15-12/h8-10,13H,4-7H2,1-3H3. The molecule has 0 saturated heterocycles. The zero-order valence-electron chi connectivity index (χ0n) is 10.4. The van der Waals surface area contributed by atoms with Gasteiger partial charge in [-0.05, 0) is 31.4 Å². The van der Waals surface area contributed by atoms with E-state index < -0.39 is 0 Å². The first-order valence-corrected chi connectivity index (χ1v) is 6.79. The van der Waals surface area contributed by atoms with Gasteiger partial charge in [-0.2, -0.15) is 0 Å². The third-order valence-electron chi connectivity index (χ3n) is 2.17. The molecule has 1 rings (SSSR count). The molecule has 0 spiro atoms. The Balaban J connectivity index is 2.05. The average molecular weight is 239 g/mol. The van der Waals surface area contributed by atoms with Crippen LogP contribution in [0, 0.1) is 12.8 Å². The first-order valence-electron chi connectivity index (χ1n) is 5.80. The zero-order valence-corrected chi connectivity index (χ0v) is 11.2. The van der Waals surface area contributed by atoms with Crippen LogP contribution in [0.5, 0.6) is 0 Å². The molecule has 4 heteroatoms. The Morgan fingerprint density at radius 3 is 2.56 bits per heavy atom. The van der Waals surface area contributed by atoms with E-state index in [0.29, 0.717) is 0 Å². The second kappa shape index (κ2) is 7.63. The number of thioether (sulfide) groups is 1. The lowest BCUT2D eigenvalue weighted by Crippen LogP contribution is -2.19. The van der Waals surface area contributed by atoms with Gasteiger partial charge in [0.15, 0.2) is 5.16 Å². The van der Waals surface area contributed by atoms with E-state index in [9.17, 15) is 0 Å². The molecule has 0 aliphatic carbocycles. The van der Waals surface area contributed by atoms with Gasteiger partial charge in [0.25, 0.3) is 0 Å². The van der Waals surface area contributed by atoms with Crippen molar-refractivity contribution in [2.45, 2.75) is 32.3 Å². The minimum Gasteiger partial charge on any atom is -0.316 e. The van der Waals surface area contributed by atoms with E-state index in [0.717, 1.165) is 35.5 Å². The first-order chi connectivity index (χ1) is 7.68. The molecule has 0 aliphatic rings. The average Bonchev–Trinajstić information content (AvgIpc) is 2.25. The molecule has 0 radical (unpaired) electrons. The largest absolute Gasteiger partial charge is 0.316 e. The molecule has 90 valence electrons. The Morgan fingerprint density at radius 1 is 1.25 bits per heavy atom. The molecule has 0 bridgehead atoms.